The zero-order valence-electron chi connectivity index (χ0n) is 30.8. The van der Waals surface area contributed by atoms with Crippen molar-refractivity contribution in [3.05, 3.63) is 112 Å². The van der Waals surface area contributed by atoms with Crippen molar-refractivity contribution >= 4 is 34.3 Å². The first-order valence-corrected chi connectivity index (χ1v) is 17.7. The normalized spacial score (nSPS) is 14.2. The van der Waals surface area contributed by atoms with E-state index in [1.54, 1.807) is 71.9 Å². The molecule has 0 aliphatic heterocycles. The molecule has 10 nitrogen and oxygen atoms in total. The second-order valence-electron chi connectivity index (χ2n) is 15.6. The third-order valence-electron chi connectivity index (χ3n) is 9.09. The number of pyridine rings is 2. The number of amides is 2. The number of anilines is 2. The molecule has 2 amide bonds. The molecular weight excluding hydrogens is 704 g/mol. The summed E-state index contributed by atoms with van der Waals surface area (Å²) < 4.78 is 64.3. The Hall–Kier alpha value is -5.53. The highest BCUT2D eigenvalue weighted by molar-refractivity contribution is 6.04. The maximum Gasteiger partial charge on any atom is 0.435 e. The molecule has 1 unspecified atom stereocenters. The predicted octanol–water partition coefficient (Wildman–Crippen LogP) is 9.38. The number of rotatable bonds is 9. The zero-order chi connectivity index (χ0) is 39.2. The summed E-state index contributed by atoms with van der Waals surface area (Å²) in [6, 6.07) is 14.4. The van der Waals surface area contributed by atoms with Gasteiger partial charge in [-0.15, -0.1) is 0 Å². The van der Waals surface area contributed by atoms with Gasteiger partial charge in [-0.2, -0.15) is 18.3 Å². The lowest BCUT2D eigenvalue weighted by Crippen LogP contribution is -2.48. The van der Waals surface area contributed by atoms with Crippen LogP contribution in [0.2, 0.25) is 0 Å². The van der Waals surface area contributed by atoms with Gasteiger partial charge in [0, 0.05) is 40.9 Å². The van der Waals surface area contributed by atoms with E-state index in [1.165, 1.54) is 35.5 Å². The Balaban J connectivity index is 1.41. The number of nitrogens with one attached hydrogen (secondary N) is 2. The molecule has 2 aromatic carbocycles. The van der Waals surface area contributed by atoms with Crippen LogP contribution in [0.3, 0.4) is 0 Å². The summed E-state index contributed by atoms with van der Waals surface area (Å²) in [6.45, 7) is 10.5. The van der Waals surface area contributed by atoms with Crippen molar-refractivity contribution in [3.8, 4) is 5.69 Å². The molecule has 1 aliphatic carbocycles. The fourth-order valence-corrected chi connectivity index (χ4v) is 6.38. The van der Waals surface area contributed by atoms with Crippen LogP contribution < -0.4 is 15.8 Å². The summed E-state index contributed by atoms with van der Waals surface area (Å²) in [5.74, 6) is -1.56. The Morgan fingerprint density at radius 3 is 2.41 bits per heavy atom. The summed E-state index contributed by atoms with van der Waals surface area (Å²) >= 11 is 0. The molecule has 0 radical (unpaired) electrons. The number of aromatic nitrogens is 4. The van der Waals surface area contributed by atoms with Crippen LogP contribution in [0.1, 0.15) is 100 Å². The third kappa shape index (κ3) is 8.48. The van der Waals surface area contributed by atoms with Gasteiger partial charge in [0.2, 0.25) is 0 Å². The lowest BCUT2D eigenvalue weighted by Gasteiger charge is -2.36. The Labute approximate surface area is 309 Å². The highest BCUT2D eigenvalue weighted by Crippen LogP contribution is 2.39. The first-order valence-electron chi connectivity index (χ1n) is 17.7. The second-order valence-corrected chi connectivity index (χ2v) is 15.6. The monoisotopic (exact) mass is 746 g/mol. The number of nitrogens with zero attached hydrogens (tertiary/aromatic N) is 4. The number of H-pyrrole nitrogens is 1. The van der Waals surface area contributed by atoms with Gasteiger partial charge in [-0.3, -0.25) is 14.5 Å². The molecule has 14 heteroatoms. The minimum Gasteiger partial charge on any atom is -0.443 e. The molecule has 6 rings (SSSR count). The smallest absolute Gasteiger partial charge is 0.435 e. The maximum atomic E-state index is 15.4. The van der Waals surface area contributed by atoms with Gasteiger partial charge in [-0.25, -0.2) is 18.9 Å². The highest BCUT2D eigenvalue weighted by atomic mass is 19.4. The number of hydrogen-bond donors (Lipinski definition) is 2. The van der Waals surface area contributed by atoms with E-state index < -0.39 is 52.4 Å². The van der Waals surface area contributed by atoms with E-state index >= 15 is 4.39 Å². The van der Waals surface area contributed by atoms with Crippen molar-refractivity contribution in [1.29, 1.82) is 0 Å². The number of ether oxygens (including phenoxy) is 1. The van der Waals surface area contributed by atoms with Crippen LogP contribution in [-0.2, 0) is 10.9 Å². The number of alkyl halides is 3. The molecule has 0 saturated heterocycles. The number of aromatic amines is 1. The lowest BCUT2D eigenvalue weighted by atomic mass is 9.87. The third-order valence-corrected chi connectivity index (χ3v) is 9.09. The van der Waals surface area contributed by atoms with Crippen molar-refractivity contribution < 1.29 is 31.9 Å². The second kappa shape index (κ2) is 14.4. The minimum atomic E-state index is -4.92. The Morgan fingerprint density at radius 1 is 1.02 bits per heavy atom. The van der Waals surface area contributed by atoms with Crippen molar-refractivity contribution in [2.24, 2.45) is 5.92 Å². The first kappa shape index (κ1) is 38.2. The van der Waals surface area contributed by atoms with Crippen LogP contribution in [0, 0.1) is 11.7 Å². The van der Waals surface area contributed by atoms with Gasteiger partial charge in [-0.05, 0) is 108 Å². The van der Waals surface area contributed by atoms with Gasteiger partial charge in [0.1, 0.15) is 22.9 Å². The molecule has 1 atom stereocenters. The molecule has 284 valence electrons. The highest BCUT2D eigenvalue weighted by Gasteiger charge is 2.37. The molecule has 54 heavy (non-hydrogen) atoms. The van der Waals surface area contributed by atoms with Gasteiger partial charge in [-0.1, -0.05) is 31.0 Å². The SMILES string of the molecule is CC(C)(C)OC(=O)N(c1nccc2ccc(-n3nc(C(F)(F)F)cc3C(=O)Nc3cc(C(CCC4CC4)c4ccc[nH]c4=O)ccc3F)cc12)C(C)(C)C. The summed E-state index contributed by atoms with van der Waals surface area (Å²) in [7, 11) is 0. The Kier molecular flexibility index (Phi) is 10.2. The van der Waals surface area contributed by atoms with Gasteiger partial charge >= 0.3 is 12.3 Å². The molecule has 3 heterocycles. The fourth-order valence-electron chi connectivity index (χ4n) is 6.38. The van der Waals surface area contributed by atoms with Crippen LogP contribution >= 0.6 is 0 Å². The van der Waals surface area contributed by atoms with Crippen molar-refractivity contribution in [2.45, 2.75) is 90.5 Å². The van der Waals surface area contributed by atoms with Gasteiger partial charge in [0.25, 0.3) is 11.5 Å². The van der Waals surface area contributed by atoms with E-state index in [-0.39, 0.29) is 22.8 Å². The topological polar surface area (TPSA) is 122 Å². The zero-order valence-corrected chi connectivity index (χ0v) is 30.8. The largest absolute Gasteiger partial charge is 0.443 e. The summed E-state index contributed by atoms with van der Waals surface area (Å²) in [6.07, 6.45) is 1.08. The minimum absolute atomic E-state index is 0.0492. The van der Waals surface area contributed by atoms with Crippen molar-refractivity contribution in [1.82, 2.24) is 19.7 Å². The van der Waals surface area contributed by atoms with Crippen LogP contribution in [0.15, 0.2) is 77.9 Å². The average molecular weight is 747 g/mol. The van der Waals surface area contributed by atoms with E-state index in [4.69, 9.17) is 4.74 Å². The molecule has 1 aliphatic rings. The number of halogens is 4. The Bertz CT molecular complexity index is 2260. The molecule has 1 fully saturated rings. The molecular formula is C40H42F4N6O4. The van der Waals surface area contributed by atoms with E-state index in [2.05, 4.69) is 20.4 Å². The Morgan fingerprint density at radius 2 is 1.76 bits per heavy atom. The van der Waals surface area contributed by atoms with E-state index in [9.17, 15) is 27.6 Å². The molecule has 0 spiro atoms. The number of benzene rings is 2. The fraction of sp³-hybridized carbons (Fsp3) is 0.375. The van der Waals surface area contributed by atoms with Crippen molar-refractivity contribution in [3.63, 3.8) is 0 Å². The van der Waals surface area contributed by atoms with Crippen LogP contribution in [-0.4, -0.2) is 42.9 Å². The van der Waals surface area contributed by atoms with Gasteiger partial charge in [0.15, 0.2) is 5.69 Å². The van der Waals surface area contributed by atoms with Crippen LogP contribution in [0.5, 0.6) is 0 Å². The van der Waals surface area contributed by atoms with Crippen molar-refractivity contribution in [2.75, 3.05) is 10.2 Å². The first-order chi connectivity index (χ1) is 25.3. The maximum absolute atomic E-state index is 15.4. The van der Waals surface area contributed by atoms with E-state index in [1.807, 2.05) is 0 Å². The van der Waals surface area contributed by atoms with Crippen LogP contribution in [0.25, 0.3) is 16.5 Å². The summed E-state index contributed by atoms with van der Waals surface area (Å²) in [5, 5.41) is 7.19. The average Bonchev–Trinajstić information content (AvgIpc) is 3.78. The molecule has 3 aromatic heterocycles. The number of hydrogen-bond acceptors (Lipinski definition) is 6. The molecule has 0 bridgehead atoms. The van der Waals surface area contributed by atoms with Crippen LogP contribution in [0.4, 0.5) is 33.9 Å². The number of carbonyl (C=O) groups excluding carboxylic acids is 2. The molecule has 2 N–H and O–H groups in total. The standard InChI is InChI=1S/C40H42F4N6O4/c1-38(2,3)49(37(53)54-39(4,5)6)34-29-21-26(14-12-24(29)17-19-45-34)50-32(22-33(48-50)40(42,43)44)36(52)47-31-20-25(13-16-30(31)41)27(15-11-23-9-10-23)28-8-7-18-46-35(28)51/h7-8,12-14,16-23,27H,9-11,15H2,1-6H3,(H,46,51)(H,47,52). The summed E-state index contributed by atoms with van der Waals surface area (Å²) in [4.78, 5) is 48.7. The lowest BCUT2D eigenvalue weighted by molar-refractivity contribution is -0.141. The molecule has 5 aromatic rings. The summed E-state index contributed by atoms with van der Waals surface area (Å²) in [5.41, 5.74) is -3.02. The van der Waals surface area contributed by atoms with Gasteiger partial charge < -0.3 is 15.0 Å². The number of carbonyl (C=O) groups is 2. The van der Waals surface area contributed by atoms with E-state index in [0.717, 1.165) is 30.0 Å². The quantitative estimate of drug-likeness (QED) is 0.145. The predicted molar refractivity (Wildman–Crippen MR) is 198 cm³/mol. The molecule has 1 saturated carbocycles. The number of fused-ring (bicyclic) bond motifs is 1. The van der Waals surface area contributed by atoms with Gasteiger partial charge in [0.05, 0.1) is 11.4 Å². The van der Waals surface area contributed by atoms with E-state index in [0.29, 0.717) is 40.3 Å².